The second-order valence-electron chi connectivity index (χ2n) is 6.39. The Labute approximate surface area is 158 Å². The zero-order valence-corrected chi connectivity index (χ0v) is 15.3. The summed E-state index contributed by atoms with van der Waals surface area (Å²) in [5.41, 5.74) is 2.80. The number of rotatable bonds is 5. The number of hydrogen-bond donors (Lipinski definition) is 3. The summed E-state index contributed by atoms with van der Waals surface area (Å²) in [7, 11) is 1.35. The number of hydrogen-bond acceptors (Lipinski definition) is 5. The van der Waals surface area contributed by atoms with Gasteiger partial charge < -0.3 is 20.7 Å². The molecule has 1 aliphatic heterocycles. The first-order valence-electron chi connectivity index (χ1n) is 9.08. The number of urea groups is 1. The zero-order chi connectivity index (χ0) is 19.1. The lowest BCUT2D eigenvalue weighted by Crippen LogP contribution is -2.35. The molecule has 1 aromatic rings. The normalized spacial score (nSPS) is 17.8. The lowest BCUT2D eigenvalue weighted by atomic mass is 10.1. The Kier molecular flexibility index (Phi) is 6.25. The van der Waals surface area contributed by atoms with Crippen LogP contribution < -0.4 is 16.0 Å². The van der Waals surface area contributed by atoms with Gasteiger partial charge in [0, 0.05) is 30.9 Å². The molecule has 1 aliphatic carbocycles. The maximum atomic E-state index is 12.1. The molecule has 7 heteroatoms. The number of methoxy groups -OCH3 is 1. The highest BCUT2D eigenvalue weighted by Gasteiger charge is 2.14. The summed E-state index contributed by atoms with van der Waals surface area (Å²) >= 11 is 0. The molecule has 0 bridgehead atoms. The molecule has 27 heavy (non-hydrogen) atoms. The highest BCUT2D eigenvalue weighted by atomic mass is 16.5. The Balaban J connectivity index is 1.45. The second-order valence-corrected chi connectivity index (χ2v) is 6.39. The third-order valence-corrected chi connectivity index (χ3v) is 4.43. The lowest BCUT2D eigenvalue weighted by Gasteiger charge is -2.17. The molecule has 7 nitrogen and oxygen atoms in total. The van der Waals surface area contributed by atoms with Crippen LogP contribution in [0.2, 0.25) is 0 Å². The lowest BCUT2D eigenvalue weighted by molar-refractivity contribution is -0.142. The van der Waals surface area contributed by atoms with Crippen LogP contribution in [0.3, 0.4) is 0 Å². The van der Waals surface area contributed by atoms with Gasteiger partial charge in [-0.2, -0.15) is 0 Å². The van der Waals surface area contributed by atoms with Crippen molar-refractivity contribution in [2.75, 3.05) is 25.5 Å². The number of aryl methyl sites for hydroxylation is 1. The fourth-order valence-electron chi connectivity index (χ4n) is 2.97. The molecule has 0 fully saturated rings. The van der Waals surface area contributed by atoms with Crippen molar-refractivity contribution in [1.29, 1.82) is 0 Å². The SMILES string of the molecule is COC(=O)C1C=CC=C(NC(=O)NCCc2ccc3c(n2)NCCC3)C=C1. The summed E-state index contributed by atoms with van der Waals surface area (Å²) in [6.07, 6.45) is 11.4. The number of carbonyl (C=O) groups excluding carboxylic acids is 2. The van der Waals surface area contributed by atoms with E-state index in [4.69, 9.17) is 4.74 Å². The van der Waals surface area contributed by atoms with Crippen molar-refractivity contribution in [3.8, 4) is 0 Å². The van der Waals surface area contributed by atoms with Crippen molar-refractivity contribution in [1.82, 2.24) is 15.6 Å². The number of nitrogens with one attached hydrogen (secondary N) is 3. The van der Waals surface area contributed by atoms with Crippen molar-refractivity contribution < 1.29 is 14.3 Å². The molecule has 2 aliphatic rings. The van der Waals surface area contributed by atoms with E-state index >= 15 is 0 Å². The fraction of sp³-hybridized carbons (Fsp3) is 0.350. The second kappa shape index (κ2) is 9.02. The Morgan fingerprint density at radius 2 is 2.22 bits per heavy atom. The van der Waals surface area contributed by atoms with E-state index in [-0.39, 0.29) is 12.0 Å². The predicted octanol–water partition coefficient (Wildman–Crippen LogP) is 2.08. The minimum absolute atomic E-state index is 0.299. The third kappa shape index (κ3) is 5.20. The molecule has 1 aromatic heterocycles. The maximum absolute atomic E-state index is 12.1. The van der Waals surface area contributed by atoms with E-state index in [1.807, 2.05) is 6.07 Å². The van der Waals surface area contributed by atoms with Gasteiger partial charge in [-0.05, 0) is 36.6 Å². The summed E-state index contributed by atoms with van der Waals surface area (Å²) in [4.78, 5) is 28.2. The highest BCUT2D eigenvalue weighted by molar-refractivity contribution is 5.78. The van der Waals surface area contributed by atoms with E-state index in [1.54, 1.807) is 30.4 Å². The molecule has 1 unspecified atom stereocenters. The van der Waals surface area contributed by atoms with Crippen molar-refractivity contribution >= 4 is 17.8 Å². The molecule has 0 radical (unpaired) electrons. The average molecular weight is 368 g/mol. The van der Waals surface area contributed by atoms with Gasteiger partial charge in [-0.25, -0.2) is 9.78 Å². The van der Waals surface area contributed by atoms with Crippen LogP contribution in [-0.4, -0.2) is 37.2 Å². The minimum Gasteiger partial charge on any atom is -0.468 e. The number of aromatic nitrogens is 1. The van der Waals surface area contributed by atoms with Crippen LogP contribution in [0.4, 0.5) is 10.6 Å². The van der Waals surface area contributed by atoms with Crippen molar-refractivity contribution in [3.05, 3.63) is 59.5 Å². The molecular weight excluding hydrogens is 344 g/mol. The summed E-state index contributed by atoms with van der Waals surface area (Å²) in [5, 5.41) is 8.90. The van der Waals surface area contributed by atoms with Crippen LogP contribution in [0.15, 0.2) is 48.2 Å². The van der Waals surface area contributed by atoms with Gasteiger partial charge in [0.15, 0.2) is 0 Å². The first-order chi connectivity index (χ1) is 13.2. The van der Waals surface area contributed by atoms with Crippen LogP contribution in [0.1, 0.15) is 17.7 Å². The molecule has 0 spiro atoms. The summed E-state index contributed by atoms with van der Waals surface area (Å²) in [6.45, 7) is 1.44. The third-order valence-electron chi connectivity index (χ3n) is 4.43. The topological polar surface area (TPSA) is 92.3 Å². The van der Waals surface area contributed by atoms with Gasteiger partial charge in [0.05, 0.1) is 13.0 Å². The average Bonchev–Trinajstić information content (AvgIpc) is 2.93. The van der Waals surface area contributed by atoms with E-state index < -0.39 is 5.92 Å². The van der Waals surface area contributed by atoms with Crippen LogP contribution in [0, 0.1) is 5.92 Å². The number of amides is 2. The van der Waals surface area contributed by atoms with Gasteiger partial charge in [-0.3, -0.25) is 4.79 Å². The van der Waals surface area contributed by atoms with Gasteiger partial charge >= 0.3 is 12.0 Å². The van der Waals surface area contributed by atoms with E-state index in [0.29, 0.717) is 18.7 Å². The fourth-order valence-corrected chi connectivity index (χ4v) is 2.97. The number of anilines is 1. The van der Waals surface area contributed by atoms with Gasteiger partial charge in [-0.1, -0.05) is 24.3 Å². The molecule has 1 atom stereocenters. The van der Waals surface area contributed by atoms with Gasteiger partial charge in [0.2, 0.25) is 0 Å². The molecule has 3 N–H and O–H groups in total. The maximum Gasteiger partial charge on any atom is 0.319 e. The Hall–Kier alpha value is -3.09. The minimum atomic E-state index is -0.447. The molecule has 3 rings (SSSR count). The number of ether oxygens (including phenoxy) is 1. The van der Waals surface area contributed by atoms with E-state index in [2.05, 4.69) is 27.0 Å². The van der Waals surface area contributed by atoms with Gasteiger partial charge in [0.25, 0.3) is 0 Å². The molecule has 2 amide bonds. The Bertz CT molecular complexity index is 798. The highest BCUT2D eigenvalue weighted by Crippen LogP contribution is 2.19. The van der Waals surface area contributed by atoms with Crippen molar-refractivity contribution in [2.24, 2.45) is 5.92 Å². The van der Waals surface area contributed by atoms with Crippen molar-refractivity contribution in [3.63, 3.8) is 0 Å². The van der Waals surface area contributed by atoms with Crippen LogP contribution in [0.5, 0.6) is 0 Å². The standard InChI is InChI=1S/C20H24N4O3/c1-27-19(25)15-4-2-6-16(10-8-15)24-20(26)22-13-11-17-9-7-14-5-3-12-21-18(14)23-17/h2,4,6-10,15H,3,5,11-13H2,1H3,(H,21,23)(H2,22,24,26). The molecule has 0 aromatic carbocycles. The van der Waals surface area contributed by atoms with Crippen LogP contribution in [-0.2, 0) is 22.4 Å². The first-order valence-corrected chi connectivity index (χ1v) is 9.08. The number of carbonyl (C=O) groups is 2. The first kappa shape index (κ1) is 18.7. The number of nitrogens with zero attached hydrogens (tertiary/aromatic N) is 1. The molecule has 2 heterocycles. The molecular formula is C20H24N4O3. The van der Waals surface area contributed by atoms with Gasteiger partial charge in [0.1, 0.15) is 5.82 Å². The zero-order valence-electron chi connectivity index (χ0n) is 15.3. The summed E-state index contributed by atoms with van der Waals surface area (Å²) in [6, 6.07) is 3.82. The monoisotopic (exact) mass is 368 g/mol. The number of esters is 1. The van der Waals surface area contributed by atoms with Gasteiger partial charge in [-0.15, -0.1) is 0 Å². The number of pyridine rings is 1. The summed E-state index contributed by atoms with van der Waals surface area (Å²) in [5.74, 6) is 0.176. The number of fused-ring (bicyclic) bond motifs is 1. The Morgan fingerprint density at radius 1 is 1.33 bits per heavy atom. The molecule has 0 saturated carbocycles. The largest absolute Gasteiger partial charge is 0.468 e. The molecule has 142 valence electrons. The summed E-state index contributed by atoms with van der Waals surface area (Å²) < 4.78 is 4.72. The Morgan fingerprint density at radius 3 is 3.07 bits per heavy atom. The van der Waals surface area contributed by atoms with Crippen molar-refractivity contribution in [2.45, 2.75) is 19.3 Å². The molecule has 0 saturated heterocycles. The van der Waals surface area contributed by atoms with E-state index in [0.717, 1.165) is 30.9 Å². The van der Waals surface area contributed by atoms with E-state index in [9.17, 15) is 9.59 Å². The number of allylic oxidation sites excluding steroid dienone is 3. The van der Waals surface area contributed by atoms with Crippen LogP contribution >= 0.6 is 0 Å². The quantitative estimate of drug-likeness (QED) is 0.692. The van der Waals surface area contributed by atoms with E-state index in [1.165, 1.54) is 12.7 Å². The predicted molar refractivity (Wildman–Crippen MR) is 103 cm³/mol. The van der Waals surface area contributed by atoms with Crippen LogP contribution in [0.25, 0.3) is 0 Å². The smallest absolute Gasteiger partial charge is 0.319 e.